The molecule has 4 rings (SSSR count). The Hall–Kier alpha value is -3.85. The monoisotopic (exact) mass is 341 g/mol. The molecule has 0 aliphatic carbocycles. The Morgan fingerprint density at radius 3 is 2.54 bits per heavy atom. The highest BCUT2D eigenvalue weighted by Gasteiger charge is 2.16. The van der Waals surface area contributed by atoms with Crippen molar-refractivity contribution in [2.24, 2.45) is 0 Å². The van der Waals surface area contributed by atoms with Crippen molar-refractivity contribution in [2.45, 2.75) is 6.92 Å². The van der Waals surface area contributed by atoms with Crippen molar-refractivity contribution in [3.05, 3.63) is 72.1 Å². The average molecular weight is 341 g/mol. The second-order valence-corrected chi connectivity index (χ2v) is 5.66. The Balaban J connectivity index is 0.00000210. The number of aromatic nitrogens is 4. The molecule has 0 amide bonds. The van der Waals surface area contributed by atoms with Crippen molar-refractivity contribution >= 4 is 0 Å². The van der Waals surface area contributed by atoms with E-state index in [1.165, 1.54) is 0 Å². The molecule has 0 atom stereocenters. The zero-order valence-corrected chi connectivity index (χ0v) is 13.9. The van der Waals surface area contributed by atoms with Crippen LogP contribution in [0.4, 0.5) is 0 Å². The van der Waals surface area contributed by atoms with Gasteiger partial charge < -0.3 is 4.42 Å². The molecule has 2 aromatic heterocycles. The van der Waals surface area contributed by atoms with Crippen LogP contribution in [0.2, 0.25) is 0 Å². The van der Waals surface area contributed by atoms with Crippen LogP contribution in [-0.4, -0.2) is 20.2 Å². The summed E-state index contributed by atoms with van der Waals surface area (Å²) in [7, 11) is 0. The van der Waals surface area contributed by atoms with Gasteiger partial charge in [0.25, 0.3) is 5.89 Å². The molecule has 0 aliphatic heterocycles. The van der Waals surface area contributed by atoms with Crippen LogP contribution >= 0.6 is 0 Å². The molecule has 0 saturated carbocycles. The highest BCUT2D eigenvalue weighted by atomic mass is 16.4. The summed E-state index contributed by atoms with van der Waals surface area (Å²) in [4.78, 5) is 9.02. The molecule has 0 N–H and O–H groups in total. The van der Waals surface area contributed by atoms with Crippen molar-refractivity contribution in [2.75, 3.05) is 0 Å². The molecule has 0 bridgehead atoms. The van der Waals surface area contributed by atoms with E-state index in [1.807, 2.05) is 49.4 Å². The van der Waals surface area contributed by atoms with Crippen LogP contribution < -0.4 is 0 Å². The lowest BCUT2D eigenvalue weighted by Gasteiger charge is -2.05. The van der Waals surface area contributed by atoms with E-state index < -0.39 is 0 Å². The maximum absolute atomic E-state index is 9.08. The molecule has 126 valence electrons. The van der Waals surface area contributed by atoms with Gasteiger partial charge in [0.05, 0.1) is 29.2 Å². The second-order valence-electron chi connectivity index (χ2n) is 5.66. The predicted octanol–water partition coefficient (Wildman–Crippen LogP) is 4.29. The number of aryl methyl sites for hydroxylation is 1. The Labute approximate surface area is 151 Å². The molecule has 0 aliphatic rings. The molecule has 6 heteroatoms. The molecular weight excluding hydrogens is 326 g/mol. The topological polar surface area (TPSA) is 88.5 Å². The maximum Gasteiger partial charge on any atom is 0.268 e. The van der Waals surface area contributed by atoms with Crippen LogP contribution in [0.5, 0.6) is 0 Å². The predicted molar refractivity (Wildman–Crippen MR) is 97.8 cm³/mol. The minimum Gasteiger partial charge on any atom is -0.415 e. The van der Waals surface area contributed by atoms with E-state index in [0.29, 0.717) is 34.4 Å². The lowest BCUT2D eigenvalue weighted by Crippen LogP contribution is -1.95. The Bertz CT molecular complexity index is 1120. The molecule has 4 aromatic rings. The minimum atomic E-state index is 0. The molecule has 2 heterocycles. The van der Waals surface area contributed by atoms with Crippen LogP contribution in [0.15, 0.2) is 65.2 Å². The first kappa shape index (κ1) is 15.7. The molecule has 2 aromatic carbocycles. The summed E-state index contributed by atoms with van der Waals surface area (Å²) in [6.07, 6.45) is 1.67. The second kappa shape index (κ2) is 6.57. The average Bonchev–Trinajstić information content (AvgIpc) is 3.19. The lowest BCUT2D eigenvalue weighted by atomic mass is 10.1. The van der Waals surface area contributed by atoms with Crippen molar-refractivity contribution in [1.82, 2.24) is 20.2 Å². The first-order chi connectivity index (χ1) is 12.7. The zero-order valence-electron chi connectivity index (χ0n) is 13.9. The van der Waals surface area contributed by atoms with Crippen LogP contribution in [0.3, 0.4) is 0 Å². The van der Waals surface area contributed by atoms with Crippen LogP contribution in [0, 0.1) is 18.3 Å². The third-order valence-electron chi connectivity index (χ3n) is 3.89. The van der Waals surface area contributed by atoms with Crippen molar-refractivity contribution in [1.29, 1.82) is 5.26 Å². The molecule has 6 nitrogen and oxygen atoms in total. The van der Waals surface area contributed by atoms with Gasteiger partial charge in [0.1, 0.15) is 5.69 Å². The van der Waals surface area contributed by atoms with Gasteiger partial charge in [0.2, 0.25) is 5.89 Å². The third kappa shape index (κ3) is 2.94. The number of nitriles is 1. The fraction of sp³-hybridized carbons (Fsp3) is 0.0500. The van der Waals surface area contributed by atoms with Crippen LogP contribution in [-0.2, 0) is 0 Å². The number of hydrogen-bond acceptors (Lipinski definition) is 6. The third-order valence-corrected chi connectivity index (χ3v) is 3.89. The highest BCUT2D eigenvalue weighted by molar-refractivity contribution is 5.64. The first-order valence-corrected chi connectivity index (χ1v) is 7.98. The van der Waals surface area contributed by atoms with Gasteiger partial charge in [0.15, 0.2) is 0 Å². The highest BCUT2D eigenvalue weighted by Crippen LogP contribution is 2.26. The summed E-state index contributed by atoms with van der Waals surface area (Å²) in [5.74, 6) is 0.742. The first-order valence-electron chi connectivity index (χ1n) is 7.98. The van der Waals surface area contributed by atoms with E-state index in [2.05, 4.69) is 26.2 Å². The number of rotatable bonds is 3. The lowest BCUT2D eigenvalue weighted by molar-refractivity contribution is 0.581. The SMILES string of the molecule is Cc1ncc(-c2cccc(C#N)c2)nc1-c1nnc(-c2ccccc2)o1.[HH]. The molecule has 0 radical (unpaired) electrons. The van der Waals surface area contributed by atoms with Gasteiger partial charge in [-0.2, -0.15) is 5.26 Å². The summed E-state index contributed by atoms with van der Waals surface area (Å²) < 4.78 is 5.80. The fourth-order valence-corrected chi connectivity index (χ4v) is 2.56. The van der Waals surface area contributed by atoms with E-state index >= 15 is 0 Å². The van der Waals surface area contributed by atoms with Crippen molar-refractivity contribution in [3.63, 3.8) is 0 Å². The van der Waals surface area contributed by atoms with Gasteiger partial charge in [-0.25, -0.2) is 4.98 Å². The molecule has 0 fully saturated rings. The smallest absolute Gasteiger partial charge is 0.268 e. The van der Waals surface area contributed by atoms with E-state index in [0.717, 1.165) is 11.1 Å². The Morgan fingerprint density at radius 2 is 1.73 bits per heavy atom. The summed E-state index contributed by atoms with van der Waals surface area (Å²) in [6, 6.07) is 18.9. The van der Waals surface area contributed by atoms with Gasteiger partial charge in [-0.1, -0.05) is 30.3 Å². The van der Waals surface area contributed by atoms with Gasteiger partial charge >= 0.3 is 0 Å². The summed E-state index contributed by atoms with van der Waals surface area (Å²) in [5, 5.41) is 17.3. The van der Waals surface area contributed by atoms with Crippen molar-refractivity contribution in [3.8, 4) is 40.4 Å². The Morgan fingerprint density at radius 1 is 0.962 bits per heavy atom. The largest absolute Gasteiger partial charge is 0.415 e. The Kier molecular flexibility index (Phi) is 3.96. The summed E-state index contributed by atoms with van der Waals surface area (Å²) in [5.41, 5.74) is 4.07. The minimum absolute atomic E-state index is 0. The number of benzene rings is 2. The van der Waals surface area contributed by atoms with Crippen molar-refractivity contribution < 1.29 is 5.84 Å². The molecular formula is C20H15N5O. The van der Waals surface area contributed by atoms with E-state index in [-0.39, 0.29) is 1.43 Å². The molecule has 26 heavy (non-hydrogen) atoms. The summed E-state index contributed by atoms with van der Waals surface area (Å²) in [6.45, 7) is 1.84. The van der Waals surface area contributed by atoms with E-state index in [1.54, 1.807) is 18.3 Å². The zero-order chi connectivity index (χ0) is 17.9. The standard InChI is InChI=1S/C20H13N5O.H2/c1-13-18(20-25-24-19(26-20)15-7-3-2-4-8-15)23-17(12-22-13)16-9-5-6-14(10-16)11-21;/h2-10,12H,1H3;1H. The van der Waals surface area contributed by atoms with E-state index in [4.69, 9.17) is 9.68 Å². The van der Waals surface area contributed by atoms with Gasteiger partial charge in [0, 0.05) is 12.6 Å². The normalized spacial score (nSPS) is 10.5. The fourth-order valence-electron chi connectivity index (χ4n) is 2.56. The molecule has 0 saturated heterocycles. The summed E-state index contributed by atoms with van der Waals surface area (Å²) >= 11 is 0. The van der Waals surface area contributed by atoms with Gasteiger partial charge in [-0.15, -0.1) is 10.2 Å². The number of hydrogen-bond donors (Lipinski definition) is 0. The van der Waals surface area contributed by atoms with E-state index in [9.17, 15) is 0 Å². The maximum atomic E-state index is 9.08. The molecule has 0 unspecified atom stereocenters. The van der Waals surface area contributed by atoms with Gasteiger partial charge in [-0.05, 0) is 31.2 Å². The van der Waals surface area contributed by atoms with Crippen LogP contribution in [0.1, 0.15) is 12.7 Å². The van der Waals surface area contributed by atoms with Gasteiger partial charge in [-0.3, -0.25) is 4.98 Å². The van der Waals surface area contributed by atoms with Crippen LogP contribution in [0.25, 0.3) is 34.3 Å². The quantitative estimate of drug-likeness (QED) is 0.552. The molecule has 0 spiro atoms. The number of nitrogens with zero attached hydrogens (tertiary/aromatic N) is 5.